The van der Waals surface area contributed by atoms with Gasteiger partial charge in [-0.1, -0.05) is 55.1 Å². The smallest absolute Gasteiger partial charge is 0.271 e. The Labute approximate surface area is 221 Å². The quantitative estimate of drug-likeness (QED) is 0.194. The fraction of sp³-hybridized carbons (Fsp3) is 0.321. The molecule has 0 saturated heterocycles. The van der Waals surface area contributed by atoms with E-state index >= 15 is 0 Å². The first-order valence-electron chi connectivity index (χ1n) is 11.8. The number of benzene rings is 2. The molecule has 2 aromatic rings. The van der Waals surface area contributed by atoms with Gasteiger partial charge in [0.1, 0.15) is 18.2 Å². The average Bonchev–Trinajstić information content (AvgIpc) is 2.85. The van der Waals surface area contributed by atoms with Crippen LogP contribution in [0.5, 0.6) is 11.5 Å². The van der Waals surface area contributed by atoms with Crippen molar-refractivity contribution in [2.24, 2.45) is 0 Å². The molecule has 8 heteroatoms. The van der Waals surface area contributed by atoms with Gasteiger partial charge >= 0.3 is 0 Å². The number of ether oxygens (including phenoxy) is 2. The maximum absolute atomic E-state index is 13.2. The van der Waals surface area contributed by atoms with Crippen molar-refractivity contribution in [1.29, 1.82) is 5.26 Å². The maximum Gasteiger partial charge on any atom is 0.271 e. The summed E-state index contributed by atoms with van der Waals surface area (Å²) >= 11 is 12.2. The molecule has 1 aliphatic heterocycles. The molecule has 36 heavy (non-hydrogen) atoms. The van der Waals surface area contributed by atoms with Crippen LogP contribution in [-0.4, -0.2) is 29.9 Å². The molecule has 0 N–H and O–H groups in total. The third-order valence-corrected chi connectivity index (χ3v) is 6.37. The number of halogens is 2. The van der Waals surface area contributed by atoms with Crippen molar-refractivity contribution in [2.75, 3.05) is 13.2 Å². The second-order valence-corrected chi connectivity index (χ2v) is 9.15. The topological polar surface area (TPSA) is 79.6 Å². The van der Waals surface area contributed by atoms with Gasteiger partial charge in [-0.3, -0.25) is 14.5 Å². The summed E-state index contributed by atoms with van der Waals surface area (Å²) in [7, 11) is 0. The molecule has 1 aliphatic rings. The molecule has 0 spiro atoms. The zero-order valence-electron chi connectivity index (χ0n) is 20.6. The fourth-order valence-electron chi connectivity index (χ4n) is 3.82. The van der Waals surface area contributed by atoms with Gasteiger partial charge < -0.3 is 9.47 Å². The number of nitrogens with zero attached hydrogens (tertiary/aromatic N) is 2. The van der Waals surface area contributed by atoms with E-state index in [1.54, 1.807) is 49.4 Å². The molecule has 0 bridgehead atoms. The minimum atomic E-state index is -0.534. The number of carbonyl (C=O) groups excluding carboxylic acids is 2. The second-order valence-electron chi connectivity index (χ2n) is 8.30. The lowest BCUT2D eigenvalue weighted by Gasteiger charge is -2.27. The summed E-state index contributed by atoms with van der Waals surface area (Å²) in [6, 6.07) is 12.5. The highest BCUT2D eigenvalue weighted by Gasteiger charge is 2.35. The zero-order valence-corrected chi connectivity index (χ0v) is 22.1. The molecule has 0 aliphatic carbocycles. The van der Waals surface area contributed by atoms with E-state index in [9.17, 15) is 14.9 Å². The van der Waals surface area contributed by atoms with Gasteiger partial charge in [0.15, 0.2) is 11.5 Å². The monoisotopic (exact) mass is 526 g/mol. The minimum absolute atomic E-state index is 0.0119. The summed E-state index contributed by atoms with van der Waals surface area (Å²) in [5.74, 6) is 0.0793. The van der Waals surface area contributed by atoms with Crippen molar-refractivity contribution >= 4 is 41.1 Å². The Bertz CT molecular complexity index is 1260. The maximum atomic E-state index is 13.2. The molecule has 0 atom stereocenters. The van der Waals surface area contributed by atoms with Gasteiger partial charge in [-0.25, -0.2) is 0 Å². The van der Waals surface area contributed by atoms with Crippen molar-refractivity contribution in [2.45, 2.75) is 46.6 Å². The first kappa shape index (κ1) is 27.3. The summed E-state index contributed by atoms with van der Waals surface area (Å²) in [5.41, 5.74) is 2.13. The Morgan fingerprint density at radius 3 is 2.44 bits per heavy atom. The molecular formula is C28H28Cl2N2O4. The molecule has 2 aromatic carbocycles. The number of amides is 2. The van der Waals surface area contributed by atoms with Crippen LogP contribution in [-0.2, 0) is 16.2 Å². The Balaban J connectivity index is 1.92. The number of nitriles is 1. The van der Waals surface area contributed by atoms with E-state index in [-0.39, 0.29) is 18.7 Å². The summed E-state index contributed by atoms with van der Waals surface area (Å²) in [6.07, 6.45) is 4.21. The van der Waals surface area contributed by atoms with Crippen LogP contribution in [0.4, 0.5) is 0 Å². The number of unbranched alkanes of at least 4 members (excludes halogenated alkanes) is 2. The van der Waals surface area contributed by atoms with Gasteiger partial charge in [0.05, 0.1) is 6.61 Å². The van der Waals surface area contributed by atoms with Gasteiger partial charge in [0, 0.05) is 27.7 Å². The molecule has 188 valence electrons. The van der Waals surface area contributed by atoms with E-state index in [4.69, 9.17) is 32.7 Å². The normalized spacial score (nSPS) is 14.9. The number of carbonyl (C=O) groups is 2. The Morgan fingerprint density at radius 2 is 1.78 bits per heavy atom. The largest absolute Gasteiger partial charge is 0.490 e. The van der Waals surface area contributed by atoms with Crippen molar-refractivity contribution in [3.8, 4) is 17.6 Å². The number of hydrogen-bond donors (Lipinski definition) is 0. The predicted octanol–water partition coefficient (Wildman–Crippen LogP) is 6.75. The van der Waals surface area contributed by atoms with Crippen molar-refractivity contribution < 1.29 is 19.1 Å². The first-order valence-corrected chi connectivity index (χ1v) is 12.6. The zero-order chi connectivity index (χ0) is 26.2. The third kappa shape index (κ3) is 6.29. The molecule has 0 unspecified atom stereocenters. The molecule has 0 fully saturated rings. The van der Waals surface area contributed by atoms with E-state index in [0.717, 1.165) is 18.4 Å². The number of imide groups is 1. The average molecular weight is 527 g/mol. The van der Waals surface area contributed by atoms with Crippen LogP contribution < -0.4 is 9.47 Å². The molecule has 0 aromatic heterocycles. The van der Waals surface area contributed by atoms with Crippen molar-refractivity contribution in [3.05, 3.63) is 74.3 Å². The standard InChI is InChI=1S/C28H28Cl2N2O4/c1-4-6-7-12-32-27(33)22(18(3)23(16-31)28(32)34)13-19-8-11-25(26(14-19)35-5-2)36-17-20-9-10-21(29)15-24(20)30/h8-11,13-15H,4-7,12,17H2,1-3H3/b22-13+. The van der Waals surface area contributed by atoms with Crippen LogP contribution in [0.15, 0.2) is 53.1 Å². The summed E-state index contributed by atoms with van der Waals surface area (Å²) in [5, 5.41) is 10.6. The summed E-state index contributed by atoms with van der Waals surface area (Å²) in [4.78, 5) is 27.1. The molecule has 6 nitrogen and oxygen atoms in total. The molecule has 3 rings (SSSR count). The van der Waals surface area contributed by atoms with Gasteiger partial charge in [-0.15, -0.1) is 0 Å². The highest BCUT2D eigenvalue weighted by atomic mass is 35.5. The van der Waals surface area contributed by atoms with Crippen LogP contribution in [0.2, 0.25) is 10.0 Å². The van der Waals surface area contributed by atoms with E-state index in [1.807, 2.05) is 19.9 Å². The summed E-state index contributed by atoms with van der Waals surface area (Å²) < 4.78 is 11.7. The van der Waals surface area contributed by atoms with E-state index in [1.165, 1.54) is 4.90 Å². The van der Waals surface area contributed by atoms with Crippen molar-refractivity contribution in [1.82, 2.24) is 4.90 Å². The Morgan fingerprint density at radius 1 is 1.00 bits per heavy atom. The fourth-order valence-corrected chi connectivity index (χ4v) is 4.28. The van der Waals surface area contributed by atoms with E-state index in [2.05, 4.69) is 0 Å². The lowest BCUT2D eigenvalue weighted by molar-refractivity contribution is -0.140. The highest BCUT2D eigenvalue weighted by Crippen LogP contribution is 2.33. The van der Waals surface area contributed by atoms with Crippen LogP contribution in [0.25, 0.3) is 6.08 Å². The lowest BCUT2D eigenvalue weighted by Crippen LogP contribution is -2.43. The molecule has 0 radical (unpaired) electrons. The number of rotatable bonds is 10. The first-order chi connectivity index (χ1) is 17.3. The Hall–Kier alpha value is -3.27. The third-order valence-electron chi connectivity index (χ3n) is 5.79. The SMILES string of the molecule is CCCCCN1C(=O)C(C#N)=C(C)/C(=C\c2ccc(OCc3ccc(Cl)cc3Cl)c(OCC)c2)C1=O. The minimum Gasteiger partial charge on any atom is -0.490 e. The van der Waals surface area contributed by atoms with Crippen LogP contribution in [0.1, 0.15) is 51.2 Å². The molecule has 2 amide bonds. The molecule has 0 saturated carbocycles. The predicted molar refractivity (Wildman–Crippen MR) is 141 cm³/mol. The van der Waals surface area contributed by atoms with Gasteiger partial charge in [-0.05, 0) is 61.7 Å². The molecular weight excluding hydrogens is 499 g/mol. The number of hydrogen-bond acceptors (Lipinski definition) is 5. The van der Waals surface area contributed by atoms with Crippen molar-refractivity contribution in [3.63, 3.8) is 0 Å². The van der Waals surface area contributed by atoms with Gasteiger partial charge in [0.2, 0.25) is 0 Å². The highest BCUT2D eigenvalue weighted by molar-refractivity contribution is 6.35. The van der Waals surface area contributed by atoms with Gasteiger partial charge in [-0.2, -0.15) is 5.26 Å². The van der Waals surface area contributed by atoms with Gasteiger partial charge in [0.25, 0.3) is 11.8 Å². The summed E-state index contributed by atoms with van der Waals surface area (Å²) in [6.45, 7) is 6.45. The lowest BCUT2D eigenvalue weighted by atomic mass is 9.93. The van der Waals surface area contributed by atoms with Crippen LogP contribution in [0.3, 0.4) is 0 Å². The molecule has 1 heterocycles. The van der Waals surface area contributed by atoms with E-state index < -0.39 is 11.8 Å². The van der Waals surface area contributed by atoms with Crippen LogP contribution in [0, 0.1) is 11.3 Å². The second kappa shape index (κ2) is 12.6. The Kier molecular flexibility index (Phi) is 9.58. The van der Waals surface area contributed by atoms with Crippen LogP contribution >= 0.6 is 23.2 Å². The van der Waals surface area contributed by atoms with E-state index in [0.29, 0.717) is 51.3 Å².